The number of hydrogen-bond acceptors (Lipinski definition) is 3. The molecule has 1 amide bonds. The van der Waals surface area contributed by atoms with E-state index >= 15 is 0 Å². The van der Waals surface area contributed by atoms with Gasteiger partial charge in [0.15, 0.2) is 0 Å². The Hall–Kier alpha value is -1.58. The van der Waals surface area contributed by atoms with Crippen LogP contribution in [0.2, 0.25) is 0 Å². The molecular formula is C12H19N3O. The maximum absolute atomic E-state index is 12.0. The molecular weight excluding hydrogens is 202 g/mol. The molecule has 0 spiro atoms. The summed E-state index contributed by atoms with van der Waals surface area (Å²) in [7, 11) is 3.62. The first-order valence-corrected chi connectivity index (χ1v) is 5.44. The number of aromatic nitrogens is 1. The van der Waals surface area contributed by atoms with Crippen LogP contribution in [0.15, 0.2) is 18.3 Å². The Morgan fingerprint density at radius 2 is 2.25 bits per heavy atom. The fourth-order valence-electron chi connectivity index (χ4n) is 1.53. The van der Waals surface area contributed by atoms with Crippen molar-refractivity contribution in [1.29, 1.82) is 0 Å². The first kappa shape index (κ1) is 12.5. The van der Waals surface area contributed by atoms with E-state index in [9.17, 15) is 4.79 Å². The molecule has 0 aliphatic carbocycles. The standard InChI is InChI=1S/C12H19N3O/c1-9(2)8-15(4)12(16)11-7-10(13-3)5-6-14-11/h5-7,9H,8H2,1-4H3,(H,13,14). The molecule has 0 aliphatic rings. The summed E-state index contributed by atoms with van der Waals surface area (Å²) in [5, 5.41) is 2.99. The molecule has 0 atom stereocenters. The summed E-state index contributed by atoms with van der Waals surface area (Å²) < 4.78 is 0. The second-order valence-corrected chi connectivity index (χ2v) is 4.26. The summed E-state index contributed by atoms with van der Waals surface area (Å²) in [4.78, 5) is 17.8. The van der Waals surface area contributed by atoms with Gasteiger partial charge in [0.1, 0.15) is 5.69 Å². The molecule has 4 nitrogen and oxygen atoms in total. The average Bonchev–Trinajstić information content (AvgIpc) is 2.27. The van der Waals surface area contributed by atoms with E-state index in [-0.39, 0.29) is 5.91 Å². The van der Waals surface area contributed by atoms with Crippen molar-refractivity contribution in [3.05, 3.63) is 24.0 Å². The van der Waals surface area contributed by atoms with Crippen molar-refractivity contribution in [2.45, 2.75) is 13.8 Å². The number of pyridine rings is 1. The van der Waals surface area contributed by atoms with Crippen LogP contribution in [0.4, 0.5) is 5.69 Å². The van der Waals surface area contributed by atoms with Crippen LogP contribution in [0, 0.1) is 5.92 Å². The van der Waals surface area contributed by atoms with Gasteiger partial charge in [-0.15, -0.1) is 0 Å². The van der Waals surface area contributed by atoms with Crippen LogP contribution in [0.25, 0.3) is 0 Å². The minimum absolute atomic E-state index is 0.0363. The predicted octanol–water partition coefficient (Wildman–Crippen LogP) is 1.85. The minimum Gasteiger partial charge on any atom is -0.388 e. The molecule has 88 valence electrons. The van der Waals surface area contributed by atoms with E-state index in [0.29, 0.717) is 11.6 Å². The molecule has 0 radical (unpaired) electrons. The lowest BCUT2D eigenvalue weighted by Gasteiger charge is -2.19. The number of anilines is 1. The highest BCUT2D eigenvalue weighted by atomic mass is 16.2. The van der Waals surface area contributed by atoms with E-state index < -0.39 is 0 Å². The smallest absolute Gasteiger partial charge is 0.272 e. The zero-order valence-corrected chi connectivity index (χ0v) is 10.3. The number of nitrogens with zero attached hydrogens (tertiary/aromatic N) is 2. The molecule has 0 aromatic carbocycles. The van der Waals surface area contributed by atoms with Crippen molar-refractivity contribution < 1.29 is 4.79 Å². The van der Waals surface area contributed by atoms with E-state index in [1.54, 1.807) is 24.2 Å². The van der Waals surface area contributed by atoms with Crippen molar-refractivity contribution >= 4 is 11.6 Å². The fraction of sp³-hybridized carbons (Fsp3) is 0.500. The van der Waals surface area contributed by atoms with Gasteiger partial charge in [-0.3, -0.25) is 9.78 Å². The first-order valence-electron chi connectivity index (χ1n) is 5.44. The maximum Gasteiger partial charge on any atom is 0.272 e. The van der Waals surface area contributed by atoms with Crippen LogP contribution in [0.3, 0.4) is 0 Å². The van der Waals surface area contributed by atoms with Gasteiger partial charge in [0, 0.05) is 32.5 Å². The maximum atomic E-state index is 12.0. The van der Waals surface area contributed by atoms with Crippen molar-refractivity contribution in [2.24, 2.45) is 5.92 Å². The number of hydrogen-bond donors (Lipinski definition) is 1. The number of rotatable bonds is 4. The summed E-state index contributed by atoms with van der Waals surface area (Å²) in [5.41, 5.74) is 1.38. The van der Waals surface area contributed by atoms with Gasteiger partial charge in [0.05, 0.1) is 0 Å². The molecule has 1 N–H and O–H groups in total. The Labute approximate surface area is 96.7 Å². The summed E-state index contributed by atoms with van der Waals surface area (Å²) in [6.07, 6.45) is 1.64. The Morgan fingerprint density at radius 3 is 2.81 bits per heavy atom. The molecule has 0 saturated carbocycles. The van der Waals surface area contributed by atoms with Gasteiger partial charge in [-0.1, -0.05) is 13.8 Å². The lowest BCUT2D eigenvalue weighted by molar-refractivity contribution is 0.0773. The Bertz CT molecular complexity index is 363. The van der Waals surface area contributed by atoms with Crippen LogP contribution in [-0.2, 0) is 0 Å². The van der Waals surface area contributed by atoms with Gasteiger partial charge < -0.3 is 10.2 Å². The SMILES string of the molecule is CNc1ccnc(C(=O)N(C)CC(C)C)c1. The van der Waals surface area contributed by atoms with Crippen LogP contribution < -0.4 is 5.32 Å². The molecule has 4 heteroatoms. The third-order valence-electron chi connectivity index (χ3n) is 2.25. The summed E-state index contributed by atoms with van der Waals surface area (Å²) in [6.45, 7) is 4.91. The lowest BCUT2D eigenvalue weighted by atomic mass is 10.2. The molecule has 1 heterocycles. The minimum atomic E-state index is -0.0363. The van der Waals surface area contributed by atoms with Crippen LogP contribution in [0.5, 0.6) is 0 Å². The molecule has 1 aromatic heterocycles. The quantitative estimate of drug-likeness (QED) is 0.844. The van der Waals surface area contributed by atoms with Crippen molar-refractivity contribution in [1.82, 2.24) is 9.88 Å². The third-order valence-corrected chi connectivity index (χ3v) is 2.25. The van der Waals surface area contributed by atoms with E-state index in [2.05, 4.69) is 24.1 Å². The van der Waals surface area contributed by atoms with Gasteiger partial charge in [0.25, 0.3) is 5.91 Å². The Kier molecular flexibility index (Phi) is 4.28. The molecule has 1 aromatic rings. The topological polar surface area (TPSA) is 45.2 Å². The van der Waals surface area contributed by atoms with E-state index in [4.69, 9.17) is 0 Å². The van der Waals surface area contributed by atoms with Gasteiger partial charge in [-0.2, -0.15) is 0 Å². The number of carbonyl (C=O) groups is 1. The third kappa shape index (κ3) is 3.22. The zero-order chi connectivity index (χ0) is 12.1. The monoisotopic (exact) mass is 221 g/mol. The van der Waals surface area contributed by atoms with Crippen LogP contribution in [0.1, 0.15) is 24.3 Å². The van der Waals surface area contributed by atoms with E-state index in [1.807, 2.05) is 13.1 Å². The second kappa shape index (κ2) is 5.49. The molecule has 0 fully saturated rings. The van der Waals surface area contributed by atoms with E-state index in [1.165, 1.54) is 0 Å². The van der Waals surface area contributed by atoms with Crippen molar-refractivity contribution in [3.8, 4) is 0 Å². The number of amides is 1. The highest BCUT2D eigenvalue weighted by Gasteiger charge is 2.14. The van der Waals surface area contributed by atoms with Gasteiger partial charge in [-0.05, 0) is 18.1 Å². The molecule has 16 heavy (non-hydrogen) atoms. The molecule has 0 saturated heterocycles. The van der Waals surface area contributed by atoms with Gasteiger partial charge in [-0.25, -0.2) is 0 Å². The average molecular weight is 221 g/mol. The predicted molar refractivity (Wildman–Crippen MR) is 65.6 cm³/mol. The molecule has 0 aliphatic heterocycles. The summed E-state index contributed by atoms with van der Waals surface area (Å²) in [6, 6.07) is 3.60. The summed E-state index contributed by atoms with van der Waals surface area (Å²) in [5.74, 6) is 0.423. The zero-order valence-electron chi connectivity index (χ0n) is 10.3. The lowest BCUT2D eigenvalue weighted by Crippen LogP contribution is -2.30. The van der Waals surface area contributed by atoms with Gasteiger partial charge in [0.2, 0.25) is 0 Å². The fourth-order valence-corrected chi connectivity index (χ4v) is 1.53. The summed E-state index contributed by atoms with van der Waals surface area (Å²) >= 11 is 0. The van der Waals surface area contributed by atoms with Crippen molar-refractivity contribution in [3.63, 3.8) is 0 Å². The number of nitrogens with one attached hydrogen (secondary N) is 1. The molecule has 1 rings (SSSR count). The van der Waals surface area contributed by atoms with Crippen LogP contribution in [-0.4, -0.2) is 36.4 Å². The van der Waals surface area contributed by atoms with E-state index in [0.717, 1.165) is 12.2 Å². The Morgan fingerprint density at radius 1 is 1.56 bits per heavy atom. The molecule has 0 unspecified atom stereocenters. The Balaban J connectivity index is 2.79. The largest absolute Gasteiger partial charge is 0.388 e. The highest BCUT2D eigenvalue weighted by molar-refractivity contribution is 5.92. The highest BCUT2D eigenvalue weighted by Crippen LogP contribution is 2.09. The normalized spacial score (nSPS) is 10.3. The molecule has 0 bridgehead atoms. The van der Waals surface area contributed by atoms with Gasteiger partial charge >= 0.3 is 0 Å². The number of carbonyl (C=O) groups excluding carboxylic acids is 1. The van der Waals surface area contributed by atoms with Crippen molar-refractivity contribution in [2.75, 3.05) is 26.0 Å². The second-order valence-electron chi connectivity index (χ2n) is 4.26. The first-order chi connectivity index (χ1) is 7.54. The van der Waals surface area contributed by atoms with Crippen LogP contribution >= 0.6 is 0 Å².